The van der Waals surface area contributed by atoms with Crippen LogP contribution < -0.4 is 15.8 Å². The Bertz CT molecular complexity index is 1910. The van der Waals surface area contributed by atoms with Gasteiger partial charge in [0.2, 0.25) is 10.0 Å². The normalized spacial score (nSPS) is 11.7. The molecule has 0 saturated carbocycles. The van der Waals surface area contributed by atoms with Crippen molar-refractivity contribution in [1.82, 2.24) is 0 Å². The Morgan fingerprint density at radius 3 is 1.68 bits per heavy atom. The number of carbonyl (C=O) groups excluding carboxylic acids is 2. The number of amides is 2. The summed E-state index contributed by atoms with van der Waals surface area (Å²) in [6, 6.07) is 11.3. The lowest BCUT2D eigenvalue weighted by molar-refractivity contribution is 0.102. The summed E-state index contributed by atoms with van der Waals surface area (Å²) in [5.41, 5.74) is -0.0726. The van der Waals surface area contributed by atoms with Crippen LogP contribution in [0.25, 0.3) is 20.2 Å². The molecule has 0 aliphatic rings. The van der Waals surface area contributed by atoms with Crippen molar-refractivity contribution in [1.29, 1.82) is 0 Å². The minimum atomic E-state index is -4.17. The number of primary sulfonamides is 1. The van der Waals surface area contributed by atoms with Crippen LogP contribution >= 0.6 is 45.9 Å². The summed E-state index contributed by atoms with van der Waals surface area (Å²) in [5, 5.41) is 11.5. The number of rotatable bonds is 5. The van der Waals surface area contributed by atoms with Gasteiger partial charge in [0.25, 0.3) is 11.8 Å². The van der Waals surface area contributed by atoms with Crippen molar-refractivity contribution in [2.24, 2.45) is 5.14 Å². The molecule has 194 valence electrons. The molecule has 0 bridgehead atoms. The first-order valence-electron chi connectivity index (χ1n) is 10.5. The molecule has 0 spiro atoms. The molecule has 7 nitrogen and oxygen atoms in total. The molecule has 2 heterocycles. The molecule has 0 radical (unpaired) electrons. The van der Waals surface area contributed by atoms with Gasteiger partial charge >= 0.3 is 0 Å². The third-order valence-electron chi connectivity index (χ3n) is 5.41. The molecule has 5 aromatic rings. The Morgan fingerprint density at radius 2 is 1.21 bits per heavy atom. The lowest BCUT2D eigenvalue weighted by Crippen LogP contribution is -2.18. The van der Waals surface area contributed by atoms with Crippen molar-refractivity contribution in [3.63, 3.8) is 0 Å². The molecule has 38 heavy (non-hydrogen) atoms. The fraction of sp³-hybridized carbons (Fsp3) is 0. The Labute approximate surface area is 231 Å². The maximum Gasteiger partial charge on any atom is 0.267 e. The fourth-order valence-electron chi connectivity index (χ4n) is 3.64. The number of carbonyl (C=O) groups is 2. The van der Waals surface area contributed by atoms with Gasteiger partial charge in [-0.05, 0) is 54.6 Å². The number of halogens is 4. The topological polar surface area (TPSA) is 118 Å². The molecule has 3 aromatic carbocycles. The number of fused-ring (bicyclic) bond motifs is 2. The summed E-state index contributed by atoms with van der Waals surface area (Å²) < 4.78 is 52.0. The van der Waals surface area contributed by atoms with Crippen molar-refractivity contribution in [2.45, 2.75) is 4.90 Å². The van der Waals surface area contributed by atoms with Crippen LogP contribution in [-0.2, 0) is 10.0 Å². The maximum absolute atomic E-state index is 13.6. The molecule has 0 aliphatic carbocycles. The predicted molar refractivity (Wildman–Crippen MR) is 147 cm³/mol. The van der Waals surface area contributed by atoms with Crippen LogP contribution in [0.5, 0.6) is 0 Å². The van der Waals surface area contributed by atoms with Gasteiger partial charge in [0.05, 0.1) is 26.3 Å². The fourth-order valence-corrected chi connectivity index (χ4v) is 7.06. The number of hydrogen-bond donors (Lipinski definition) is 3. The van der Waals surface area contributed by atoms with Crippen LogP contribution in [0.1, 0.15) is 19.3 Å². The molecular weight excluding hydrogens is 599 g/mol. The smallest absolute Gasteiger partial charge is 0.267 e. The summed E-state index contributed by atoms with van der Waals surface area (Å²) >= 11 is 14.6. The number of benzene rings is 3. The Balaban J connectivity index is 1.52. The quantitative estimate of drug-likeness (QED) is 0.201. The summed E-state index contributed by atoms with van der Waals surface area (Å²) in [4.78, 5) is 26.0. The monoisotopic (exact) mass is 611 g/mol. The van der Waals surface area contributed by atoms with E-state index in [2.05, 4.69) is 10.6 Å². The molecule has 2 aromatic heterocycles. The highest BCUT2D eigenvalue weighted by Crippen LogP contribution is 2.38. The van der Waals surface area contributed by atoms with Crippen molar-refractivity contribution in [3.8, 4) is 0 Å². The number of anilines is 2. The number of sulfonamides is 1. The van der Waals surface area contributed by atoms with Gasteiger partial charge in [-0.1, -0.05) is 23.2 Å². The van der Waals surface area contributed by atoms with Gasteiger partial charge in [0, 0.05) is 20.2 Å². The third-order valence-corrected chi connectivity index (χ3v) is 9.63. The van der Waals surface area contributed by atoms with Crippen molar-refractivity contribution in [2.75, 3.05) is 10.6 Å². The van der Waals surface area contributed by atoms with Crippen LogP contribution in [0.15, 0.2) is 59.5 Å². The second-order valence-electron chi connectivity index (χ2n) is 7.93. The average molecular weight is 612 g/mol. The molecule has 0 unspecified atom stereocenters. The number of hydrogen-bond acceptors (Lipinski definition) is 6. The summed E-state index contributed by atoms with van der Waals surface area (Å²) in [6.45, 7) is 0. The first kappa shape index (κ1) is 26.5. The molecular formula is C24H13Cl2F2N3O4S3. The lowest BCUT2D eigenvalue weighted by Gasteiger charge is -2.13. The third kappa shape index (κ3) is 4.98. The first-order valence-corrected chi connectivity index (χ1v) is 14.4. The van der Waals surface area contributed by atoms with E-state index in [0.717, 1.165) is 34.8 Å². The Morgan fingerprint density at radius 1 is 0.737 bits per heavy atom. The number of nitrogens with one attached hydrogen (secondary N) is 2. The van der Waals surface area contributed by atoms with E-state index in [-0.39, 0.29) is 36.1 Å². The molecule has 0 fully saturated rings. The largest absolute Gasteiger partial charge is 0.319 e. The highest BCUT2D eigenvalue weighted by Gasteiger charge is 2.23. The molecule has 14 heteroatoms. The van der Waals surface area contributed by atoms with Gasteiger partial charge in [0.15, 0.2) is 0 Å². The summed E-state index contributed by atoms with van der Waals surface area (Å²) in [5.74, 6) is -2.40. The Kier molecular flexibility index (Phi) is 6.88. The lowest BCUT2D eigenvalue weighted by atomic mass is 10.2. The van der Waals surface area contributed by atoms with E-state index in [4.69, 9.17) is 28.3 Å². The van der Waals surface area contributed by atoms with Crippen LogP contribution in [0, 0.1) is 11.6 Å². The zero-order valence-corrected chi connectivity index (χ0v) is 22.6. The van der Waals surface area contributed by atoms with E-state index in [1.54, 1.807) is 0 Å². The SMILES string of the molecule is NS(=O)(=O)c1ccc(NC(=O)c2sc3cc(F)ccc3c2Cl)c(NC(=O)c2sc3cc(F)ccc3c2Cl)c1. The van der Waals surface area contributed by atoms with Crippen LogP contribution in [-0.4, -0.2) is 20.2 Å². The zero-order chi connectivity index (χ0) is 27.4. The van der Waals surface area contributed by atoms with E-state index in [0.29, 0.717) is 20.2 Å². The van der Waals surface area contributed by atoms with Crippen LogP contribution in [0.3, 0.4) is 0 Å². The second-order valence-corrected chi connectivity index (χ2v) is 12.4. The molecule has 2 amide bonds. The summed E-state index contributed by atoms with van der Waals surface area (Å²) in [7, 11) is -4.17. The number of thiophene rings is 2. The molecule has 0 saturated heterocycles. The van der Waals surface area contributed by atoms with Crippen molar-refractivity contribution >= 4 is 99.3 Å². The minimum Gasteiger partial charge on any atom is -0.319 e. The van der Waals surface area contributed by atoms with Gasteiger partial charge < -0.3 is 10.6 Å². The van der Waals surface area contributed by atoms with Gasteiger partial charge in [-0.2, -0.15) is 0 Å². The number of nitrogens with two attached hydrogens (primary N) is 1. The first-order chi connectivity index (χ1) is 17.9. The van der Waals surface area contributed by atoms with E-state index < -0.39 is 33.5 Å². The Hall–Kier alpha value is -3.13. The van der Waals surface area contributed by atoms with E-state index in [1.807, 2.05) is 0 Å². The van der Waals surface area contributed by atoms with Gasteiger partial charge in [0.1, 0.15) is 21.4 Å². The minimum absolute atomic E-state index is 0.0266. The van der Waals surface area contributed by atoms with Gasteiger partial charge in [-0.25, -0.2) is 22.3 Å². The average Bonchev–Trinajstić information content (AvgIpc) is 3.35. The molecule has 0 atom stereocenters. The highest BCUT2D eigenvalue weighted by atomic mass is 35.5. The molecule has 0 aliphatic heterocycles. The van der Waals surface area contributed by atoms with E-state index in [9.17, 15) is 26.8 Å². The highest BCUT2D eigenvalue weighted by molar-refractivity contribution is 7.89. The van der Waals surface area contributed by atoms with Gasteiger partial charge in [-0.15, -0.1) is 22.7 Å². The predicted octanol–water partition coefficient (Wildman–Crippen LogP) is 6.85. The van der Waals surface area contributed by atoms with Crippen molar-refractivity contribution in [3.05, 3.63) is 86.0 Å². The maximum atomic E-state index is 13.6. The summed E-state index contributed by atoms with van der Waals surface area (Å²) in [6.07, 6.45) is 0. The van der Waals surface area contributed by atoms with Gasteiger partial charge in [-0.3, -0.25) is 9.59 Å². The van der Waals surface area contributed by atoms with Crippen LogP contribution in [0.4, 0.5) is 20.2 Å². The molecule has 5 rings (SSSR count). The zero-order valence-electron chi connectivity index (χ0n) is 18.6. The van der Waals surface area contributed by atoms with E-state index >= 15 is 0 Å². The van der Waals surface area contributed by atoms with Crippen LogP contribution in [0.2, 0.25) is 10.0 Å². The second kappa shape index (κ2) is 9.88. The van der Waals surface area contributed by atoms with Crippen molar-refractivity contribution < 1.29 is 26.8 Å². The standard InChI is InChI=1S/C24H13Cl2F2N3O4S3/c25-19-13-4-1-10(27)7-17(13)36-21(19)23(32)30-15-6-3-12(38(29,34)35)9-16(15)31-24(33)22-20(26)14-5-2-11(28)8-18(14)37-22/h1-9H,(H,30,32)(H,31,33)(H2,29,34,35). The van der Waals surface area contributed by atoms with E-state index in [1.165, 1.54) is 42.5 Å². The molecule has 4 N–H and O–H groups in total.